The molecule has 0 unspecified atom stereocenters. The molecule has 0 atom stereocenters. The topological polar surface area (TPSA) is 29.3 Å². The zero-order valence-electron chi connectivity index (χ0n) is 9.69. The Labute approximate surface area is 89.6 Å². The molecule has 0 saturated carbocycles. The van der Waals surface area contributed by atoms with Gasteiger partial charge < -0.3 is 10.6 Å². The van der Waals surface area contributed by atoms with Crippen LogP contribution in [0.3, 0.4) is 0 Å². The highest BCUT2D eigenvalue weighted by atomic mass is 19.4. The van der Waals surface area contributed by atoms with Gasteiger partial charge in [0, 0.05) is 13.1 Å². The molecular formula is C10H21F3N2. The van der Waals surface area contributed by atoms with Crippen molar-refractivity contribution in [2.24, 2.45) is 11.1 Å². The van der Waals surface area contributed by atoms with E-state index in [9.17, 15) is 13.2 Å². The Morgan fingerprint density at radius 2 is 1.73 bits per heavy atom. The molecule has 2 N–H and O–H groups in total. The first-order valence-electron chi connectivity index (χ1n) is 5.19. The van der Waals surface area contributed by atoms with E-state index in [2.05, 4.69) is 0 Å². The summed E-state index contributed by atoms with van der Waals surface area (Å²) in [6.07, 6.45) is -4.82. The smallest absolute Gasteiger partial charge is 0.330 e. The highest BCUT2D eigenvalue weighted by Gasteiger charge is 2.28. The second-order valence-electron chi connectivity index (χ2n) is 4.60. The van der Waals surface area contributed by atoms with E-state index in [0.29, 0.717) is 19.6 Å². The summed E-state index contributed by atoms with van der Waals surface area (Å²) in [6, 6.07) is 0. The monoisotopic (exact) mass is 226 g/mol. The van der Waals surface area contributed by atoms with Crippen molar-refractivity contribution in [1.29, 1.82) is 0 Å². The summed E-state index contributed by atoms with van der Waals surface area (Å²) < 4.78 is 36.0. The van der Waals surface area contributed by atoms with Crippen molar-refractivity contribution in [3.63, 3.8) is 0 Å². The van der Waals surface area contributed by atoms with Crippen LogP contribution in [0.15, 0.2) is 0 Å². The van der Waals surface area contributed by atoms with E-state index in [1.54, 1.807) is 4.90 Å². The molecule has 0 amide bonds. The van der Waals surface area contributed by atoms with Gasteiger partial charge in [-0.05, 0) is 18.5 Å². The van der Waals surface area contributed by atoms with Gasteiger partial charge >= 0.3 is 6.18 Å². The van der Waals surface area contributed by atoms with Gasteiger partial charge in [0.2, 0.25) is 0 Å². The molecule has 0 heterocycles. The van der Waals surface area contributed by atoms with Crippen molar-refractivity contribution in [3.05, 3.63) is 0 Å². The maximum absolute atomic E-state index is 12.0. The van der Waals surface area contributed by atoms with Crippen LogP contribution < -0.4 is 5.73 Å². The predicted octanol–water partition coefficient (Wildman–Crippen LogP) is 2.25. The normalized spacial score (nSPS) is 13.6. The molecule has 0 spiro atoms. The van der Waals surface area contributed by atoms with E-state index in [-0.39, 0.29) is 12.0 Å². The van der Waals surface area contributed by atoms with Crippen LogP contribution in [-0.4, -0.2) is 37.3 Å². The summed E-state index contributed by atoms with van der Waals surface area (Å²) >= 11 is 0. The summed E-state index contributed by atoms with van der Waals surface area (Å²) in [6.45, 7) is 7.56. The Morgan fingerprint density at radius 3 is 2.07 bits per heavy atom. The number of nitrogens with zero attached hydrogens (tertiary/aromatic N) is 1. The minimum atomic E-state index is -4.07. The second-order valence-corrected chi connectivity index (χ2v) is 4.60. The molecule has 5 heteroatoms. The lowest BCUT2D eigenvalue weighted by Gasteiger charge is -2.31. The molecule has 0 bridgehead atoms. The first kappa shape index (κ1) is 14.7. The van der Waals surface area contributed by atoms with Crippen LogP contribution in [-0.2, 0) is 0 Å². The molecule has 0 fully saturated rings. The van der Waals surface area contributed by atoms with Gasteiger partial charge in [-0.2, -0.15) is 13.2 Å². The van der Waals surface area contributed by atoms with Crippen molar-refractivity contribution < 1.29 is 13.2 Å². The molecule has 0 rings (SSSR count). The third-order valence-corrected chi connectivity index (χ3v) is 2.36. The van der Waals surface area contributed by atoms with E-state index < -0.39 is 12.6 Å². The fourth-order valence-corrected chi connectivity index (χ4v) is 1.30. The molecule has 2 nitrogen and oxygen atoms in total. The fourth-order valence-electron chi connectivity index (χ4n) is 1.30. The number of halogens is 3. The number of alkyl halides is 3. The Kier molecular flexibility index (Phi) is 5.59. The number of rotatable bonds is 6. The summed E-state index contributed by atoms with van der Waals surface area (Å²) in [7, 11) is 0. The third kappa shape index (κ3) is 7.62. The van der Waals surface area contributed by atoms with E-state index in [0.717, 1.165) is 0 Å². The summed E-state index contributed by atoms with van der Waals surface area (Å²) in [5, 5.41) is 0. The lowest BCUT2D eigenvalue weighted by atomic mass is 9.93. The average molecular weight is 226 g/mol. The number of hydrogen-bond acceptors (Lipinski definition) is 2. The van der Waals surface area contributed by atoms with Crippen LogP contribution in [0.25, 0.3) is 0 Å². The molecule has 92 valence electrons. The van der Waals surface area contributed by atoms with Crippen LogP contribution in [0.1, 0.15) is 27.2 Å². The van der Waals surface area contributed by atoms with E-state index in [1.165, 1.54) is 0 Å². The van der Waals surface area contributed by atoms with Gasteiger partial charge in [0.25, 0.3) is 0 Å². The fraction of sp³-hybridized carbons (Fsp3) is 1.00. The van der Waals surface area contributed by atoms with E-state index in [1.807, 2.05) is 20.8 Å². The summed E-state index contributed by atoms with van der Waals surface area (Å²) in [5.41, 5.74) is 5.42. The van der Waals surface area contributed by atoms with Crippen LogP contribution >= 0.6 is 0 Å². The largest absolute Gasteiger partial charge is 0.390 e. The molecule has 0 radical (unpaired) electrons. The van der Waals surface area contributed by atoms with Crippen LogP contribution in [0.4, 0.5) is 13.2 Å². The standard InChI is InChI=1S/C10H21F3N2/c1-4-15(6-5-10(11,12)13)8-9(2,3)7-14/h4-8,14H2,1-3H3. The minimum Gasteiger partial charge on any atom is -0.330 e. The lowest BCUT2D eigenvalue weighted by Crippen LogP contribution is -2.40. The Hall–Kier alpha value is -0.290. The molecule has 15 heavy (non-hydrogen) atoms. The number of hydrogen-bond donors (Lipinski definition) is 1. The Morgan fingerprint density at radius 1 is 1.20 bits per heavy atom. The molecule has 0 saturated heterocycles. The van der Waals surface area contributed by atoms with Crippen LogP contribution in [0, 0.1) is 5.41 Å². The third-order valence-electron chi connectivity index (χ3n) is 2.36. The van der Waals surface area contributed by atoms with Gasteiger partial charge in [-0.25, -0.2) is 0 Å². The van der Waals surface area contributed by atoms with Gasteiger partial charge in [-0.3, -0.25) is 0 Å². The maximum atomic E-state index is 12.0. The van der Waals surface area contributed by atoms with Gasteiger partial charge in [0.1, 0.15) is 0 Å². The highest BCUT2D eigenvalue weighted by Crippen LogP contribution is 2.21. The molecule has 0 aliphatic heterocycles. The SMILES string of the molecule is CCN(CCC(F)(F)F)CC(C)(C)CN. The zero-order valence-corrected chi connectivity index (χ0v) is 9.69. The molecular weight excluding hydrogens is 205 g/mol. The van der Waals surface area contributed by atoms with Crippen molar-refractivity contribution in [2.75, 3.05) is 26.2 Å². The quantitative estimate of drug-likeness (QED) is 0.752. The van der Waals surface area contributed by atoms with E-state index in [4.69, 9.17) is 5.73 Å². The van der Waals surface area contributed by atoms with Crippen molar-refractivity contribution in [2.45, 2.75) is 33.4 Å². The zero-order chi connectivity index (χ0) is 12.1. The highest BCUT2D eigenvalue weighted by molar-refractivity contribution is 4.74. The molecule has 0 aliphatic carbocycles. The maximum Gasteiger partial charge on any atom is 0.390 e. The first-order valence-corrected chi connectivity index (χ1v) is 5.19. The minimum absolute atomic E-state index is 0.0590. The molecule has 0 aromatic rings. The summed E-state index contributed by atoms with van der Waals surface area (Å²) in [4.78, 5) is 1.79. The van der Waals surface area contributed by atoms with Gasteiger partial charge in [0.05, 0.1) is 6.42 Å². The Bertz CT molecular complexity index is 178. The predicted molar refractivity (Wildman–Crippen MR) is 55.6 cm³/mol. The van der Waals surface area contributed by atoms with Crippen molar-refractivity contribution in [3.8, 4) is 0 Å². The number of nitrogens with two attached hydrogens (primary N) is 1. The van der Waals surface area contributed by atoms with Gasteiger partial charge in [-0.15, -0.1) is 0 Å². The first-order chi connectivity index (χ1) is 6.70. The van der Waals surface area contributed by atoms with E-state index >= 15 is 0 Å². The Balaban J connectivity index is 4.04. The molecule has 0 aliphatic rings. The van der Waals surface area contributed by atoms with Crippen LogP contribution in [0.2, 0.25) is 0 Å². The van der Waals surface area contributed by atoms with Crippen LogP contribution in [0.5, 0.6) is 0 Å². The molecule has 0 aromatic heterocycles. The van der Waals surface area contributed by atoms with Gasteiger partial charge in [-0.1, -0.05) is 20.8 Å². The van der Waals surface area contributed by atoms with Gasteiger partial charge in [0.15, 0.2) is 0 Å². The second kappa shape index (κ2) is 5.70. The van der Waals surface area contributed by atoms with Crippen molar-refractivity contribution in [1.82, 2.24) is 4.90 Å². The summed E-state index contributed by atoms with van der Waals surface area (Å²) in [5.74, 6) is 0. The average Bonchev–Trinajstić information content (AvgIpc) is 2.11. The molecule has 0 aromatic carbocycles. The van der Waals surface area contributed by atoms with Crippen molar-refractivity contribution >= 4 is 0 Å². The lowest BCUT2D eigenvalue weighted by molar-refractivity contribution is -0.138.